The minimum atomic E-state index is -0.759. The molecule has 1 unspecified atom stereocenters. The summed E-state index contributed by atoms with van der Waals surface area (Å²) in [6.45, 7) is 3.09. The number of rotatable bonds is 6. The molecule has 2 amide bonds. The van der Waals surface area contributed by atoms with E-state index in [9.17, 15) is 14.4 Å². The Balaban J connectivity index is 2.25. The Kier molecular flexibility index (Phi) is 6.51. The summed E-state index contributed by atoms with van der Waals surface area (Å²) in [7, 11) is 1.37. The molecule has 0 saturated carbocycles. The van der Waals surface area contributed by atoms with Gasteiger partial charge in [0.1, 0.15) is 17.9 Å². The van der Waals surface area contributed by atoms with Gasteiger partial charge in [-0.25, -0.2) is 14.4 Å². The van der Waals surface area contributed by atoms with Gasteiger partial charge in [0, 0.05) is 6.07 Å². The maximum atomic E-state index is 12.4. The molecule has 9 nitrogen and oxygen atoms in total. The van der Waals surface area contributed by atoms with Gasteiger partial charge in [-0.15, -0.1) is 0 Å². The number of anilines is 1. The van der Waals surface area contributed by atoms with Crippen molar-refractivity contribution in [2.24, 2.45) is 0 Å². The number of methoxy groups -OCH3 is 1. The second-order valence-corrected chi connectivity index (χ2v) is 5.99. The first-order valence-electron chi connectivity index (χ1n) is 8.06. The molecule has 1 aliphatic rings. The van der Waals surface area contributed by atoms with Crippen LogP contribution >= 0.6 is 11.6 Å². The molecule has 27 heavy (non-hydrogen) atoms. The largest absolute Gasteiger partial charge is 0.496 e. The third kappa shape index (κ3) is 4.62. The number of amides is 2. The predicted octanol–water partition coefficient (Wildman–Crippen LogP) is 1.61. The molecule has 1 aromatic carbocycles. The fourth-order valence-corrected chi connectivity index (χ4v) is 2.67. The van der Waals surface area contributed by atoms with Gasteiger partial charge >= 0.3 is 18.0 Å². The van der Waals surface area contributed by atoms with E-state index in [1.165, 1.54) is 19.2 Å². The molecule has 0 aromatic heterocycles. The van der Waals surface area contributed by atoms with Crippen molar-refractivity contribution in [1.29, 1.82) is 0 Å². The van der Waals surface area contributed by atoms with Crippen molar-refractivity contribution in [3.05, 3.63) is 34.0 Å². The van der Waals surface area contributed by atoms with E-state index in [-0.39, 0.29) is 46.5 Å². The first-order valence-corrected chi connectivity index (χ1v) is 8.44. The Labute approximate surface area is 160 Å². The van der Waals surface area contributed by atoms with Gasteiger partial charge in [-0.05, 0) is 19.9 Å². The quantitative estimate of drug-likeness (QED) is 0.491. The van der Waals surface area contributed by atoms with E-state index in [4.69, 9.17) is 31.5 Å². The van der Waals surface area contributed by atoms with Gasteiger partial charge < -0.3 is 30.6 Å². The molecule has 10 heteroatoms. The predicted molar refractivity (Wildman–Crippen MR) is 97.5 cm³/mol. The van der Waals surface area contributed by atoms with E-state index < -0.39 is 24.0 Å². The number of urea groups is 1. The monoisotopic (exact) mass is 397 g/mol. The fourth-order valence-electron chi connectivity index (χ4n) is 2.51. The van der Waals surface area contributed by atoms with Crippen LogP contribution in [0.15, 0.2) is 23.4 Å². The molecule has 1 aromatic rings. The highest BCUT2D eigenvalue weighted by Gasteiger charge is 2.30. The van der Waals surface area contributed by atoms with Gasteiger partial charge in [0.2, 0.25) is 0 Å². The van der Waals surface area contributed by atoms with Gasteiger partial charge in [0.25, 0.3) is 0 Å². The molecular weight excluding hydrogens is 378 g/mol. The number of carbonyl (C=O) groups excluding carboxylic acids is 3. The third-order valence-electron chi connectivity index (χ3n) is 3.75. The second kappa shape index (κ2) is 8.63. The van der Waals surface area contributed by atoms with Crippen LogP contribution in [0.25, 0.3) is 0 Å². The van der Waals surface area contributed by atoms with Crippen molar-refractivity contribution in [2.45, 2.75) is 19.9 Å². The lowest BCUT2D eigenvalue weighted by atomic mass is 10.0. The van der Waals surface area contributed by atoms with Gasteiger partial charge in [0.15, 0.2) is 0 Å². The number of nitrogens with one attached hydrogen (secondary N) is 2. The Bertz CT molecular complexity index is 808. The Hall–Kier alpha value is -2.94. The molecular formula is C17H20ClN3O6. The SMILES string of the molecule is CCOC(=O)C1=C(COC(=O)c2cc(Cl)c(N)cc2OC)NC(=O)NC1C. The molecule has 1 heterocycles. The molecule has 0 aliphatic carbocycles. The second-order valence-electron chi connectivity index (χ2n) is 5.58. The lowest BCUT2D eigenvalue weighted by Gasteiger charge is -2.26. The Morgan fingerprint density at radius 1 is 1.26 bits per heavy atom. The zero-order valence-electron chi connectivity index (χ0n) is 15.1. The molecule has 0 bridgehead atoms. The number of nitrogens with two attached hydrogens (primary N) is 1. The maximum absolute atomic E-state index is 12.4. The number of hydrogen-bond donors (Lipinski definition) is 3. The highest BCUT2D eigenvalue weighted by atomic mass is 35.5. The summed E-state index contributed by atoms with van der Waals surface area (Å²) >= 11 is 5.95. The van der Waals surface area contributed by atoms with Crippen LogP contribution in [-0.4, -0.2) is 44.3 Å². The number of nitrogen functional groups attached to an aromatic ring is 1. The minimum Gasteiger partial charge on any atom is -0.496 e. The summed E-state index contributed by atoms with van der Waals surface area (Å²) in [5, 5.41) is 5.18. The van der Waals surface area contributed by atoms with Crippen LogP contribution in [0.3, 0.4) is 0 Å². The van der Waals surface area contributed by atoms with Crippen LogP contribution in [0.4, 0.5) is 10.5 Å². The van der Waals surface area contributed by atoms with Crippen molar-refractivity contribution in [2.75, 3.05) is 26.1 Å². The average molecular weight is 398 g/mol. The van der Waals surface area contributed by atoms with Crippen LogP contribution in [0, 0.1) is 0 Å². The number of halogens is 1. The lowest BCUT2D eigenvalue weighted by molar-refractivity contribution is -0.139. The van der Waals surface area contributed by atoms with Crippen LogP contribution in [0.1, 0.15) is 24.2 Å². The number of esters is 2. The summed E-state index contributed by atoms with van der Waals surface area (Å²) in [6.07, 6.45) is 0. The summed E-state index contributed by atoms with van der Waals surface area (Å²) in [4.78, 5) is 36.3. The normalized spacial score (nSPS) is 16.3. The van der Waals surface area contributed by atoms with Gasteiger partial charge in [-0.1, -0.05) is 11.6 Å². The van der Waals surface area contributed by atoms with E-state index in [2.05, 4.69) is 10.6 Å². The van der Waals surface area contributed by atoms with E-state index in [0.717, 1.165) is 0 Å². The molecule has 146 valence electrons. The Morgan fingerprint density at radius 2 is 1.96 bits per heavy atom. The molecule has 0 spiro atoms. The third-order valence-corrected chi connectivity index (χ3v) is 4.08. The van der Waals surface area contributed by atoms with E-state index >= 15 is 0 Å². The summed E-state index contributed by atoms with van der Waals surface area (Å²) in [6, 6.07) is 1.60. The van der Waals surface area contributed by atoms with Crippen molar-refractivity contribution in [3.8, 4) is 5.75 Å². The molecule has 1 aliphatic heterocycles. The highest BCUT2D eigenvalue weighted by molar-refractivity contribution is 6.33. The minimum absolute atomic E-state index is 0.0586. The summed E-state index contributed by atoms with van der Waals surface area (Å²) in [5.74, 6) is -1.19. The van der Waals surface area contributed by atoms with Gasteiger partial charge in [-0.3, -0.25) is 0 Å². The number of carbonyl (C=O) groups is 3. The van der Waals surface area contributed by atoms with E-state index in [1.807, 2.05) is 0 Å². The maximum Gasteiger partial charge on any atom is 0.342 e. The van der Waals surface area contributed by atoms with Crippen LogP contribution in [0.5, 0.6) is 5.75 Å². The summed E-state index contributed by atoms with van der Waals surface area (Å²) < 4.78 is 15.3. The average Bonchev–Trinajstić information content (AvgIpc) is 2.61. The van der Waals surface area contributed by atoms with Crippen LogP contribution in [0.2, 0.25) is 5.02 Å². The molecule has 0 radical (unpaired) electrons. The summed E-state index contributed by atoms with van der Waals surface area (Å²) in [5.41, 5.74) is 6.31. The molecule has 2 rings (SSSR count). The zero-order valence-corrected chi connectivity index (χ0v) is 15.8. The van der Waals surface area contributed by atoms with Crippen LogP contribution < -0.4 is 21.1 Å². The van der Waals surface area contributed by atoms with Crippen molar-refractivity contribution < 1.29 is 28.6 Å². The topological polar surface area (TPSA) is 129 Å². The smallest absolute Gasteiger partial charge is 0.342 e. The zero-order chi connectivity index (χ0) is 20.1. The van der Waals surface area contributed by atoms with Crippen molar-refractivity contribution in [3.63, 3.8) is 0 Å². The number of hydrogen-bond acceptors (Lipinski definition) is 7. The fraction of sp³-hybridized carbons (Fsp3) is 0.353. The molecule has 0 fully saturated rings. The number of ether oxygens (including phenoxy) is 3. The first-order chi connectivity index (χ1) is 12.8. The van der Waals surface area contributed by atoms with E-state index in [0.29, 0.717) is 0 Å². The van der Waals surface area contributed by atoms with Gasteiger partial charge in [-0.2, -0.15) is 0 Å². The molecule has 0 saturated heterocycles. The lowest BCUT2D eigenvalue weighted by Crippen LogP contribution is -2.50. The van der Waals surface area contributed by atoms with Crippen molar-refractivity contribution in [1.82, 2.24) is 10.6 Å². The first kappa shape index (κ1) is 20.4. The highest BCUT2D eigenvalue weighted by Crippen LogP contribution is 2.29. The Morgan fingerprint density at radius 3 is 2.59 bits per heavy atom. The van der Waals surface area contributed by atoms with Crippen LogP contribution in [-0.2, 0) is 14.3 Å². The molecule has 1 atom stereocenters. The standard InChI is InChI=1S/C17H20ClN3O6/c1-4-26-16(23)14-8(2)20-17(24)21-12(14)7-27-15(22)9-5-10(18)11(19)6-13(9)25-3/h5-6,8H,4,7,19H2,1-3H3,(H2,20,21,24). The van der Waals surface area contributed by atoms with E-state index in [1.54, 1.807) is 13.8 Å². The molecule has 4 N–H and O–H groups in total. The van der Waals surface area contributed by atoms with Crippen molar-refractivity contribution >= 4 is 35.3 Å². The van der Waals surface area contributed by atoms with Gasteiger partial charge in [0.05, 0.1) is 41.7 Å². The number of benzene rings is 1.